The quantitative estimate of drug-likeness (QED) is 0.376. The van der Waals surface area contributed by atoms with Gasteiger partial charge in [0.25, 0.3) is 0 Å². The summed E-state index contributed by atoms with van der Waals surface area (Å²) in [6.07, 6.45) is 1.65. The molecule has 1 aromatic heterocycles. The molecule has 0 N–H and O–H groups in total. The Labute approximate surface area is 155 Å². The van der Waals surface area contributed by atoms with Gasteiger partial charge < -0.3 is 4.42 Å². The Kier molecular flexibility index (Phi) is 3.99. The maximum Gasteiger partial charge on any atom is 0.136 e. The summed E-state index contributed by atoms with van der Waals surface area (Å²) in [5.74, 6) is 0. The van der Waals surface area contributed by atoms with Crippen LogP contribution in [0.3, 0.4) is 0 Å². The second-order valence-corrected chi connectivity index (χ2v) is 8.13. The molecule has 120 valence electrons. The molecule has 0 aliphatic rings. The lowest BCUT2D eigenvalue weighted by atomic mass is 9.99. The number of hydrogen-bond donors (Lipinski definition) is 0. The maximum absolute atomic E-state index is 12.3. The summed E-state index contributed by atoms with van der Waals surface area (Å²) in [5, 5.41) is 2.53. The van der Waals surface area contributed by atoms with Crippen molar-refractivity contribution in [3.8, 4) is 11.1 Å². The second kappa shape index (κ2) is 6.03. The van der Waals surface area contributed by atoms with Gasteiger partial charge in [-0.25, -0.2) is 0 Å². The van der Waals surface area contributed by atoms with Crippen LogP contribution in [-0.4, -0.2) is 10.5 Å². The minimum atomic E-state index is -1.21. The molecule has 1 unspecified atom stereocenters. The fourth-order valence-corrected chi connectivity index (χ4v) is 5.00. The summed E-state index contributed by atoms with van der Waals surface area (Å²) in [6.45, 7) is 0. The molecule has 0 saturated heterocycles. The Bertz CT molecular complexity index is 1120. The molecule has 5 heteroatoms. The summed E-state index contributed by atoms with van der Waals surface area (Å²) in [6, 6.07) is 17.6. The van der Waals surface area contributed by atoms with E-state index in [2.05, 4.69) is 15.9 Å². The van der Waals surface area contributed by atoms with Gasteiger partial charge in [0, 0.05) is 27.1 Å². The molecule has 4 aromatic rings. The first-order chi connectivity index (χ1) is 11.6. The van der Waals surface area contributed by atoms with Gasteiger partial charge in [0.15, 0.2) is 0 Å². The van der Waals surface area contributed by atoms with E-state index in [0.29, 0.717) is 9.92 Å². The standard InChI is InChI=1S/C19H12BrClO2S/c1-24(22)19-14(9-11(20)10-15(19)21)12-6-4-8-17-18(12)13-5-2-3-7-16(13)23-17/h2-10H,1H3. The first kappa shape index (κ1) is 15.9. The summed E-state index contributed by atoms with van der Waals surface area (Å²) >= 11 is 9.87. The van der Waals surface area contributed by atoms with E-state index in [1.807, 2.05) is 48.5 Å². The Hall–Kier alpha value is -1.62. The predicted molar refractivity (Wildman–Crippen MR) is 104 cm³/mol. The van der Waals surface area contributed by atoms with Crippen LogP contribution in [0.2, 0.25) is 5.02 Å². The molecule has 0 aliphatic carbocycles. The monoisotopic (exact) mass is 418 g/mol. The lowest BCUT2D eigenvalue weighted by molar-refractivity contribution is 0.669. The summed E-state index contributed by atoms with van der Waals surface area (Å²) < 4.78 is 19.1. The van der Waals surface area contributed by atoms with Crippen molar-refractivity contribution >= 4 is 60.3 Å². The highest BCUT2D eigenvalue weighted by molar-refractivity contribution is 9.10. The van der Waals surface area contributed by atoms with Crippen molar-refractivity contribution in [1.29, 1.82) is 0 Å². The molecular weight excluding hydrogens is 408 g/mol. The molecule has 0 radical (unpaired) electrons. The first-order valence-electron chi connectivity index (χ1n) is 7.29. The fourth-order valence-electron chi connectivity index (χ4n) is 3.05. The summed E-state index contributed by atoms with van der Waals surface area (Å²) in [4.78, 5) is 0.637. The Morgan fingerprint density at radius 2 is 1.75 bits per heavy atom. The van der Waals surface area contributed by atoms with Gasteiger partial charge in [0.2, 0.25) is 0 Å². The van der Waals surface area contributed by atoms with E-state index in [1.165, 1.54) is 0 Å². The molecule has 0 fully saturated rings. The van der Waals surface area contributed by atoms with E-state index in [4.69, 9.17) is 16.0 Å². The third-order valence-corrected chi connectivity index (χ3v) is 5.87. The van der Waals surface area contributed by atoms with Crippen molar-refractivity contribution in [2.24, 2.45) is 0 Å². The minimum Gasteiger partial charge on any atom is -0.456 e. The van der Waals surface area contributed by atoms with Gasteiger partial charge in [-0.3, -0.25) is 4.21 Å². The molecule has 0 spiro atoms. The molecule has 0 bridgehead atoms. The lowest BCUT2D eigenvalue weighted by Crippen LogP contribution is -1.94. The molecule has 24 heavy (non-hydrogen) atoms. The molecule has 0 saturated carbocycles. The number of hydrogen-bond acceptors (Lipinski definition) is 2. The average molecular weight is 420 g/mol. The largest absolute Gasteiger partial charge is 0.456 e. The number of halogens is 2. The molecule has 1 atom stereocenters. The number of fused-ring (bicyclic) bond motifs is 3. The predicted octanol–water partition coefficient (Wildman–Crippen LogP) is 6.41. The van der Waals surface area contributed by atoms with Crippen molar-refractivity contribution < 1.29 is 8.63 Å². The van der Waals surface area contributed by atoms with Gasteiger partial charge in [-0.1, -0.05) is 57.9 Å². The van der Waals surface area contributed by atoms with Crippen LogP contribution in [0.15, 0.2) is 68.4 Å². The fraction of sp³-hybridized carbons (Fsp3) is 0.0526. The molecule has 0 aliphatic heterocycles. The molecule has 1 heterocycles. The average Bonchev–Trinajstić information content (AvgIpc) is 2.92. The van der Waals surface area contributed by atoms with E-state index in [0.717, 1.165) is 37.5 Å². The highest BCUT2D eigenvalue weighted by atomic mass is 79.9. The van der Waals surface area contributed by atoms with Crippen LogP contribution in [0.5, 0.6) is 0 Å². The van der Waals surface area contributed by atoms with Crippen LogP contribution in [-0.2, 0) is 10.8 Å². The third-order valence-electron chi connectivity index (χ3n) is 3.99. The van der Waals surface area contributed by atoms with Gasteiger partial charge in [-0.15, -0.1) is 0 Å². The SMILES string of the molecule is CS(=O)c1c(Cl)cc(Br)cc1-c1cccc2oc3ccccc3c12. The number of rotatable bonds is 2. The summed E-state index contributed by atoms with van der Waals surface area (Å²) in [5.41, 5.74) is 3.45. The molecular formula is C19H12BrClO2S. The van der Waals surface area contributed by atoms with Crippen LogP contribution >= 0.6 is 27.5 Å². The van der Waals surface area contributed by atoms with Gasteiger partial charge >= 0.3 is 0 Å². The number of para-hydroxylation sites is 1. The van der Waals surface area contributed by atoms with Gasteiger partial charge in [-0.2, -0.15) is 0 Å². The van der Waals surface area contributed by atoms with Crippen molar-refractivity contribution in [3.63, 3.8) is 0 Å². The van der Waals surface area contributed by atoms with Gasteiger partial charge in [0.1, 0.15) is 11.2 Å². The number of benzene rings is 3. The normalized spacial score (nSPS) is 12.8. The van der Waals surface area contributed by atoms with Gasteiger partial charge in [-0.05, 0) is 29.8 Å². The van der Waals surface area contributed by atoms with Crippen LogP contribution in [0.25, 0.3) is 33.1 Å². The van der Waals surface area contributed by atoms with Crippen LogP contribution in [0.1, 0.15) is 0 Å². The number of furan rings is 1. The van der Waals surface area contributed by atoms with E-state index in [-0.39, 0.29) is 0 Å². The second-order valence-electron chi connectivity index (χ2n) is 5.50. The summed E-state index contributed by atoms with van der Waals surface area (Å²) in [7, 11) is -1.21. The van der Waals surface area contributed by atoms with Crippen molar-refractivity contribution in [2.45, 2.75) is 4.90 Å². The van der Waals surface area contributed by atoms with E-state index >= 15 is 0 Å². The zero-order valence-electron chi connectivity index (χ0n) is 12.7. The topological polar surface area (TPSA) is 30.2 Å². The smallest absolute Gasteiger partial charge is 0.136 e. The van der Waals surface area contributed by atoms with E-state index in [9.17, 15) is 4.21 Å². The van der Waals surface area contributed by atoms with Crippen LogP contribution in [0.4, 0.5) is 0 Å². The minimum absolute atomic E-state index is 0.491. The zero-order chi connectivity index (χ0) is 16.8. The lowest BCUT2D eigenvalue weighted by Gasteiger charge is -2.12. The highest BCUT2D eigenvalue weighted by Crippen LogP contribution is 2.41. The van der Waals surface area contributed by atoms with Gasteiger partial charge in [0.05, 0.1) is 20.7 Å². The van der Waals surface area contributed by atoms with E-state index < -0.39 is 10.8 Å². The Morgan fingerprint density at radius 1 is 1.00 bits per heavy atom. The highest BCUT2D eigenvalue weighted by Gasteiger charge is 2.18. The molecule has 2 nitrogen and oxygen atoms in total. The van der Waals surface area contributed by atoms with Crippen LogP contribution in [0, 0.1) is 0 Å². The molecule has 0 amide bonds. The first-order valence-corrected chi connectivity index (χ1v) is 10.0. The van der Waals surface area contributed by atoms with E-state index in [1.54, 1.807) is 12.3 Å². The van der Waals surface area contributed by atoms with Crippen molar-refractivity contribution in [1.82, 2.24) is 0 Å². The Morgan fingerprint density at radius 3 is 2.54 bits per heavy atom. The molecule has 3 aromatic carbocycles. The zero-order valence-corrected chi connectivity index (χ0v) is 15.8. The third kappa shape index (κ3) is 2.50. The molecule has 4 rings (SSSR count). The maximum atomic E-state index is 12.3. The van der Waals surface area contributed by atoms with Crippen LogP contribution < -0.4 is 0 Å². The Balaban J connectivity index is 2.17. The van der Waals surface area contributed by atoms with Crippen molar-refractivity contribution in [2.75, 3.05) is 6.26 Å². The van der Waals surface area contributed by atoms with Crippen molar-refractivity contribution in [3.05, 3.63) is 64.1 Å².